The van der Waals surface area contributed by atoms with Crippen molar-refractivity contribution in [3.63, 3.8) is 0 Å². The van der Waals surface area contributed by atoms with E-state index in [0.717, 1.165) is 29.9 Å². The smallest absolute Gasteiger partial charge is 0.0468 e. The highest BCUT2D eigenvalue weighted by atomic mass is 15.1. The zero-order valence-electron chi connectivity index (χ0n) is 39.6. The van der Waals surface area contributed by atoms with Gasteiger partial charge in [0.2, 0.25) is 0 Å². The third-order valence-corrected chi connectivity index (χ3v) is 14.9. The van der Waals surface area contributed by atoms with Crippen molar-refractivity contribution < 1.29 is 0 Å². The van der Waals surface area contributed by atoms with Gasteiger partial charge in [-0.05, 0) is 166 Å². The SMILES string of the molecule is CC(C)(C)c1ccc(N(c2ccc(-c3ccc4c(c3)C(C)(C)C3=C4C=CCC3)cc2)c2ccc3c(c2)c2ccccc2c2c(-c4ccccc4)cc(-c4ccccc4)c(-c4ccccc4)c32)cc1. The first-order valence-electron chi connectivity index (χ1n) is 24.3. The number of allylic oxidation sites excluding steroid dienone is 4. The Morgan fingerprint density at radius 1 is 0.426 bits per heavy atom. The zero-order valence-corrected chi connectivity index (χ0v) is 39.6. The molecule has 0 spiro atoms. The maximum atomic E-state index is 2.45. The van der Waals surface area contributed by atoms with Gasteiger partial charge >= 0.3 is 0 Å². The normalized spacial score (nSPS) is 14.1. The van der Waals surface area contributed by atoms with Gasteiger partial charge in [-0.15, -0.1) is 0 Å². The molecule has 0 aromatic heterocycles. The number of anilines is 3. The molecular weight excluding hydrogens is 819 g/mol. The molecule has 2 aliphatic rings. The summed E-state index contributed by atoms with van der Waals surface area (Å²) in [6.45, 7) is 11.7. The van der Waals surface area contributed by atoms with Crippen LogP contribution in [0.15, 0.2) is 224 Å². The molecule has 0 amide bonds. The number of nitrogens with zero attached hydrogens (tertiary/aromatic N) is 1. The van der Waals surface area contributed by atoms with Crippen LogP contribution >= 0.6 is 0 Å². The summed E-state index contributed by atoms with van der Waals surface area (Å²) in [6.07, 6.45) is 6.96. The summed E-state index contributed by atoms with van der Waals surface area (Å²) < 4.78 is 0. The third-order valence-electron chi connectivity index (χ3n) is 14.9. The van der Waals surface area contributed by atoms with Gasteiger partial charge in [0.05, 0.1) is 0 Å². The van der Waals surface area contributed by atoms with E-state index in [1.807, 2.05) is 0 Å². The van der Waals surface area contributed by atoms with Gasteiger partial charge in [0.25, 0.3) is 0 Å². The van der Waals surface area contributed by atoms with Gasteiger partial charge in [0, 0.05) is 22.5 Å². The van der Waals surface area contributed by atoms with E-state index in [4.69, 9.17) is 0 Å². The van der Waals surface area contributed by atoms with Gasteiger partial charge in [0.1, 0.15) is 0 Å². The van der Waals surface area contributed by atoms with Crippen molar-refractivity contribution in [1.82, 2.24) is 0 Å². The Balaban J connectivity index is 1.08. The van der Waals surface area contributed by atoms with Crippen molar-refractivity contribution in [1.29, 1.82) is 0 Å². The van der Waals surface area contributed by atoms with Crippen LogP contribution < -0.4 is 4.90 Å². The Labute approximate surface area is 401 Å². The molecule has 10 aromatic rings. The molecule has 0 atom stereocenters. The van der Waals surface area contributed by atoms with Crippen LogP contribution in [0.5, 0.6) is 0 Å². The zero-order chi connectivity index (χ0) is 46.1. The fourth-order valence-electron chi connectivity index (χ4n) is 11.4. The standard InChI is InChI=1S/C67H55N/c1-66(2,3)49-32-36-51(37-33-49)68(50-34-29-44(30-35-50)48-31-39-55-54-26-17-18-28-61(54)67(4,5)62(55)41-48)52-38-40-57-60(42-52)53-25-15-16-27-56(53)64-59(46-21-11-7-12-22-46)43-58(45-19-9-6-10-20-45)63(65(57)64)47-23-13-8-14-24-47/h6-17,19-27,29-43H,18,28H2,1-5H3. The van der Waals surface area contributed by atoms with E-state index in [1.165, 1.54) is 99.1 Å². The fraction of sp³-hybridized carbons (Fsp3) is 0.134. The average molecular weight is 874 g/mol. The second-order valence-electron chi connectivity index (χ2n) is 20.4. The van der Waals surface area contributed by atoms with Gasteiger partial charge in [-0.2, -0.15) is 0 Å². The third kappa shape index (κ3) is 6.91. The lowest BCUT2D eigenvalue weighted by Gasteiger charge is -2.28. The molecule has 328 valence electrons. The first-order valence-corrected chi connectivity index (χ1v) is 24.3. The molecule has 1 heteroatoms. The van der Waals surface area contributed by atoms with Gasteiger partial charge < -0.3 is 4.90 Å². The van der Waals surface area contributed by atoms with E-state index < -0.39 is 0 Å². The Morgan fingerprint density at radius 2 is 0.985 bits per heavy atom. The first kappa shape index (κ1) is 41.7. The van der Waals surface area contributed by atoms with Gasteiger partial charge in [-0.1, -0.05) is 210 Å². The van der Waals surface area contributed by atoms with Crippen LogP contribution in [0.4, 0.5) is 17.1 Å². The summed E-state index contributed by atoms with van der Waals surface area (Å²) >= 11 is 0. The topological polar surface area (TPSA) is 3.24 Å². The summed E-state index contributed by atoms with van der Waals surface area (Å²) in [5.41, 5.74) is 20.4. The Bertz CT molecular complexity index is 3620. The number of benzene rings is 10. The second-order valence-corrected chi connectivity index (χ2v) is 20.4. The van der Waals surface area contributed by atoms with E-state index in [1.54, 1.807) is 5.57 Å². The summed E-state index contributed by atoms with van der Waals surface area (Å²) in [6, 6.07) is 77.2. The number of hydrogen-bond donors (Lipinski definition) is 0. The van der Waals surface area contributed by atoms with E-state index in [0.29, 0.717) is 0 Å². The molecule has 0 aliphatic heterocycles. The van der Waals surface area contributed by atoms with E-state index >= 15 is 0 Å². The molecule has 0 fully saturated rings. The maximum absolute atomic E-state index is 2.45. The summed E-state index contributed by atoms with van der Waals surface area (Å²) in [5, 5.41) is 7.50. The van der Waals surface area contributed by atoms with Crippen LogP contribution in [-0.2, 0) is 10.8 Å². The summed E-state index contributed by atoms with van der Waals surface area (Å²) in [7, 11) is 0. The Morgan fingerprint density at radius 3 is 1.65 bits per heavy atom. The van der Waals surface area contributed by atoms with Crippen molar-refractivity contribution in [2.24, 2.45) is 0 Å². The van der Waals surface area contributed by atoms with E-state index in [9.17, 15) is 0 Å². The minimum absolute atomic E-state index is 0.0288. The predicted molar refractivity (Wildman–Crippen MR) is 292 cm³/mol. The molecule has 0 N–H and O–H groups in total. The van der Waals surface area contributed by atoms with Gasteiger partial charge in [-0.25, -0.2) is 0 Å². The maximum Gasteiger partial charge on any atom is 0.0468 e. The molecular formula is C67H55N. The minimum atomic E-state index is 0.0288. The van der Waals surface area contributed by atoms with E-state index in [-0.39, 0.29) is 10.8 Å². The minimum Gasteiger partial charge on any atom is -0.310 e. The highest BCUT2D eigenvalue weighted by molar-refractivity contribution is 6.33. The van der Waals surface area contributed by atoms with Crippen molar-refractivity contribution in [2.75, 3.05) is 4.90 Å². The van der Waals surface area contributed by atoms with Gasteiger partial charge in [-0.3, -0.25) is 0 Å². The molecule has 0 unspecified atom stereocenters. The lowest BCUT2D eigenvalue weighted by atomic mass is 9.78. The molecule has 12 rings (SSSR count). The van der Waals surface area contributed by atoms with Crippen LogP contribution in [0.3, 0.4) is 0 Å². The highest BCUT2D eigenvalue weighted by Crippen LogP contribution is 2.52. The molecule has 68 heavy (non-hydrogen) atoms. The molecule has 0 heterocycles. The van der Waals surface area contributed by atoms with Gasteiger partial charge in [0.15, 0.2) is 0 Å². The van der Waals surface area contributed by atoms with Crippen LogP contribution in [-0.4, -0.2) is 0 Å². The predicted octanol–water partition coefficient (Wildman–Crippen LogP) is 19.0. The fourth-order valence-corrected chi connectivity index (χ4v) is 11.4. The highest BCUT2D eigenvalue weighted by Gasteiger charge is 2.37. The second kappa shape index (κ2) is 16.2. The Hall–Kier alpha value is -7.74. The van der Waals surface area contributed by atoms with Crippen molar-refractivity contribution >= 4 is 55.0 Å². The molecule has 10 aromatic carbocycles. The number of rotatable bonds is 7. The molecule has 0 saturated heterocycles. The monoisotopic (exact) mass is 873 g/mol. The molecule has 0 saturated carbocycles. The molecule has 0 bridgehead atoms. The van der Waals surface area contributed by atoms with Crippen molar-refractivity contribution in [3.05, 3.63) is 241 Å². The largest absolute Gasteiger partial charge is 0.310 e. The molecule has 1 nitrogen and oxygen atoms in total. The lowest BCUT2D eigenvalue weighted by molar-refractivity contribution is 0.590. The lowest BCUT2D eigenvalue weighted by Crippen LogP contribution is -2.17. The van der Waals surface area contributed by atoms with Crippen LogP contribution in [0, 0.1) is 0 Å². The Kier molecular flexibility index (Phi) is 9.96. The number of fused-ring (bicyclic) bond motifs is 8. The molecule has 0 radical (unpaired) electrons. The summed E-state index contributed by atoms with van der Waals surface area (Å²) in [5.74, 6) is 0. The summed E-state index contributed by atoms with van der Waals surface area (Å²) in [4.78, 5) is 2.44. The van der Waals surface area contributed by atoms with Crippen molar-refractivity contribution in [3.8, 4) is 44.5 Å². The van der Waals surface area contributed by atoms with Crippen LogP contribution in [0.2, 0.25) is 0 Å². The van der Waals surface area contributed by atoms with Crippen LogP contribution in [0.1, 0.15) is 64.2 Å². The quantitative estimate of drug-likeness (QED) is 0.144. The van der Waals surface area contributed by atoms with Crippen molar-refractivity contribution in [2.45, 2.75) is 58.3 Å². The van der Waals surface area contributed by atoms with E-state index in [2.05, 4.69) is 258 Å². The molecule has 2 aliphatic carbocycles. The van der Waals surface area contributed by atoms with Crippen LogP contribution in [0.25, 0.3) is 82.4 Å². The first-order chi connectivity index (χ1) is 33.1. The number of hydrogen-bond acceptors (Lipinski definition) is 1. The average Bonchev–Trinajstić information content (AvgIpc) is 3.61.